The van der Waals surface area contributed by atoms with Gasteiger partial charge in [0.2, 0.25) is 0 Å². The van der Waals surface area contributed by atoms with E-state index < -0.39 is 5.54 Å². The minimum Gasteiger partial charge on any atom is -0.330 e. The zero-order valence-electron chi connectivity index (χ0n) is 13.9. The zero-order chi connectivity index (χ0) is 16.2. The van der Waals surface area contributed by atoms with E-state index in [-0.39, 0.29) is 11.3 Å². The van der Waals surface area contributed by atoms with Crippen LogP contribution in [0.3, 0.4) is 0 Å². The molecule has 0 bridgehead atoms. The third kappa shape index (κ3) is 2.69. The molecular formula is C20H28N2. The Morgan fingerprint density at radius 2 is 1.27 bits per heavy atom. The SMILES string of the molecule is CCC(CN)C(c1ccccc1)(c1ccccc1)C(C)(C)N. The predicted molar refractivity (Wildman–Crippen MR) is 94.8 cm³/mol. The molecule has 0 fully saturated rings. The van der Waals surface area contributed by atoms with Gasteiger partial charge in [-0.15, -0.1) is 0 Å². The van der Waals surface area contributed by atoms with Crippen LogP contribution in [-0.4, -0.2) is 12.1 Å². The average molecular weight is 296 g/mol. The lowest BCUT2D eigenvalue weighted by Crippen LogP contribution is -2.60. The molecule has 0 aliphatic carbocycles. The van der Waals surface area contributed by atoms with Crippen LogP contribution < -0.4 is 11.5 Å². The van der Waals surface area contributed by atoms with Crippen molar-refractivity contribution in [1.82, 2.24) is 0 Å². The van der Waals surface area contributed by atoms with Gasteiger partial charge in [-0.1, -0.05) is 74.0 Å². The highest BCUT2D eigenvalue weighted by Crippen LogP contribution is 2.47. The summed E-state index contributed by atoms with van der Waals surface area (Å²) < 4.78 is 0. The predicted octanol–water partition coefficient (Wildman–Crippen LogP) is 3.69. The van der Waals surface area contributed by atoms with Crippen molar-refractivity contribution in [2.24, 2.45) is 17.4 Å². The molecule has 4 N–H and O–H groups in total. The first-order chi connectivity index (χ1) is 10.5. The maximum Gasteiger partial charge on any atom is 0.0416 e. The minimum absolute atomic E-state index is 0.275. The quantitative estimate of drug-likeness (QED) is 0.854. The van der Waals surface area contributed by atoms with E-state index in [2.05, 4.69) is 69.3 Å². The molecule has 118 valence electrons. The maximum absolute atomic E-state index is 6.78. The van der Waals surface area contributed by atoms with Gasteiger partial charge in [0.15, 0.2) is 0 Å². The number of hydrogen-bond acceptors (Lipinski definition) is 2. The summed E-state index contributed by atoms with van der Waals surface area (Å²) in [6, 6.07) is 21.2. The Labute approximate surface area is 134 Å². The van der Waals surface area contributed by atoms with Crippen LogP contribution in [-0.2, 0) is 5.41 Å². The first-order valence-corrected chi connectivity index (χ1v) is 8.08. The van der Waals surface area contributed by atoms with E-state index in [1.807, 2.05) is 12.1 Å². The van der Waals surface area contributed by atoms with E-state index in [0.717, 1.165) is 6.42 Å². The van der Waals surface area contributed by atoms with Gasteiger partial charge in [0, 0.05) is 11.0 Å². The van der Waals surface area contributed by atoms with Gasteiger partial charge in [0.05, 0.1) is 0 Å². The van der Waals surface area contributed by atoms with E-state index in [1.54, 1.807) is 0 Å². The van der Waals surface area contributed by atoms with Crippen molar-refractivity contribution in [2.45, 2.75) is 38.1 Å². The monoisotopic (exact) mass is 296 g/mol. The van der Waals surface area contributed by atoms with Crippen LogP contribution in [0.4, 0.5) is 0 Å². The van der Waals surface area contributed by atoms with Crippen LogP contribution in [0.5, 0.6) is 0 Å². The first-order valence-electron chi connectivity index (χ1n) is 8.08. The van der Waals surface area contributed by atoms with Crippen molar-refractivity contribution in [2.75, 3.05) is 6.54 Å². The third-order valence-electron chi connectivity index (χ3n) is 4.86. The van der Waals surface area contributed by atoms with Gasteiger partial charge >= 0.3 is 0 Å². The molecule has 2 aromatic carbocycles. The fourth-order valence-electron chi connectivity index (χ4n) is 3.96. The van der Waals surface area contributed by atoms with Crippen LogP contribution in [0.2, 0.25) is 0 Å². The summed E-state index contributed by atoms with van der Waals surface area (Å²) in [5.41, 5.74) is 14.7. The Morgan fingerprint density at radius 3 is 1.55 bits per heavy atom. The number of hydrogen-bond donors (Lipinski definition) is 2. The Kier molecular flexibility index (Phi) is 5.05. The fourth-order valence-corrected chi connectivity index (χ4v) is 3.96. The maximum atomic E-state index is 6.78. The zero-order valence-corrected chi connectivity index (χ0v) is 13.9. The smallest absolute Gasteiger partial charge is 0.0416 e. The highest BCUT2D eigenvalue weighted by molar-refractivity contribution is 5.44. The van der Waals surface area contributed by atoms with Crippen LogP contribution >= 0.6 is 0 Å². The number of nitrogens with two attached hydrogens (primary N) is 2. The molecule has 0 saturated carbocycles. The summed E-state index contributed by atoms with van der Waals surface area (Å²) in [6.45, 7) is 7.04. The minimum atomic E-state index is -0.435. The molecule has 2 rings (SSSR count). The molecule has 1 unspecified atom stereocenters. The molecular weight excluding hydrogens is 268 g/mol. The topological polar surface area (TPSA) is 52.0 Å². The number of rotatable bonds is 6. The van der Waals surface area contributed by atoms with Crippen LogP contribution in [0, 0.1) is 5.92 Å². The van der Waals surface area contributed by atoms with Gasteiger partial charge in [-0.25, -0.2) is 0 Å². The van der Waals surface area contributed by atoms with Gasteiger partial charge in [0.1, 0.15) is 0 Å². The standard InChI is InChI=1S/C20H28N2/c1-4-16(15-21)20(19(2,3)22,17-11-7-5-8-12-17)18-13-9-6-10-14-18/h5-14,16H,4,15,21-22H2,1-3H3. The molecule has 0 spiro atoms. The van der Waals surface area contributed by atoms with Gasteiger partial charge in [-0.3, -0.25) is 0 Å². The van der Waals surface area contributed by atoms with Crippen molar-refractivity contribution in [3.63, 3.8) is 0 Å². The molecule has 0 saturated heterocycles. The van der Waals surface area contributed by atoms with Crippen molar-refractivity contribution in [3.05, 3.63) is 71.8 Å². The lowest BCUT2D eigenvalue weighted by Gasteiger charge is -2.50. The average Bonchev–Trinajstić information content (AvgIpc) is 2.53. The van der Waals surface area contributed by atoms with Crippen LogP contribution in [0.1, 0.15) is 38.3 Å². The second-order valence-electron chi connectivity index (χ2n) is 6.60. The van der Waals surface area contributed by atoms with E-state index in [4.69, 9.17) is 11.5 Å². The molecule has 0 aromatic heterocycles. The molecule has 22 heavy (non-hydrogen) atoms. The molecule has 1 atom stereocenters. The Balaban J connectivity index is 2.81. The van der Waals surface area contributed by atoms with Crippen molar-refractivity contribution in [1.29, 1.82) is 0 Å². The highest BCUT2D eigenvalue weighted by Gasteiger charge is 2.49. The third-order valence-corrected chi connectivity index (χ3v) is 4.86. The summed E-state index contributed by atoms with van der Waals surface area (Å²) in [4.78, 5) is 0. The van der Waals surface area contributed by atoms with E-state index in [1.165, 1.54) is 11.1 Å². The lowest BCUT2D eigenvalue weighted by molar-refractivity contribution is 0.202. The molecule has 2 aromatic rings. The van der Waals surface area contributed by atoms with Gasteiger partial charge in [0.25, 0.3) is 0 Å². The van der Waals surface area contributed by atoms with Crippen LogP contribution in [0.15, 0.2) is 60.7 Å². The Bertz CT molecular complexity index is 526. The second kappa shape index (κ2) is 6.64. The molecule has 2 nitrogen and oxygen atoms in total. The molecule has 0 radical (unpaired) electrons. The summed E-state index contributed by atoms with van der Waals surface area (Å²) in [5, 5.41) is 0. The van der Waals surface area contributed by atoms with E-state index in [0.29, 0.717) is 6.54 Å². The van der Waals surface area contributed by atoms with E-state index >= 15 is 0 Å². The van der Waals surface area contributed by atoms with Gasteiger partial charge in [-0.05, 0) is 37.4 Å². The van der Waals surface area contributed by atoms with Crippen LogP contribution in [0.25, 0.3) is 0 Å². The van der Waals surface area contributed by atoms with Gasteiger partial charge in [-0.2, -0.15) is 0 Å². The summed E-state index contributed by atoms with van der Waals surface area (Å²) in [5.74, 6) is 0.275. The first kappa shape index (κ1) is 16.7. The van der Waals surface area contributed by atoms with Gasteiger partial charge < -0.3 is 11.5 Å². The summed E-state index contributed by atoms with van der Waals surface area (Å²) >= 11 is 0. The summed E-state index contributed by atoms with van der Waals surface area (Å²) in [6.07, 6.45) is 0.987. The molecule has 0 aliphatic rings. The lowest BCUT2D eigenvalue weighted by atomic mass is 9.56. The highest BCUT2D eigenvalue weighted by atomic mass is 14.8. The Hall–Kier alpha value is -1.64. The second-order valence-corrected chi connectivity index (χ2v) is 6.60. The largest absolute Gasteiger partial charge is 0.330 e. The normalized spacial score (nSPS) is 13.9. The van der Waals surface area contributed by atoms with Crippen molar-refractivity contribution < 1.29 is 0 Å². The van der Waals surface area contributed by atoms with Crippen molar-refractivity contribution >= 4 is 0 Å². The van der Waals surface area contributed by atoms with E-state index in [9.17, 15) is 0 Å². The molecule has 0 aliphatic heterocycles. The molecule has 2 heteroatoms. The molecule has 0 amide bonds. The Morgan fingerprint density at radius 1 is 0.864 bits per heavy atom. The number of benzene rings is 2. The molecule has 0 heterocycles. The van der Waals surface area contributed by atoms with Crippen molar-refractivity contribution in [3.8, 4) is 0 Å². The fraction of sp³-hybridized carbons (Fsp3) is 0.400. The summed E-state index contributed by atoms with van der Waals surface area (Å²) in [7, 11) is 0.